The molecular formula is C12H18N4O2S. The number of hydrogen-bond acceptors (Lipinski definition) is 5. The molecule has 2 aromatic rings. The van der Waals surface area contributed by atoms with E-state index in [4.69, 9.17) is 5.11 Å². The monoisotopic (exact) mass is 282 g/mol. The van der Waals surface area contributed by atoms with Crippen molar-refractivity contribution in [1.82, 2.24) is 19.8 Å². The molecule has 0 aromatic carbocycles. The maximum Gasteiger partial charge on any atom is 0.303 e. The molecule has 0 fully saturated rings. The Hall–Kier alpha value is -1.50. The van der Waals surface area contributed by atoms with Crippen LogP contribution in [0.5, 0.6) is 0 Å². The lowest BCUT2D eigenvalue weighted by Gasteiger charge is -2.20. The first kappa shape index (κ1) is 13.9. The van der Waals surface area contributed by atoms with Crippen LogP contribution in [0.1, 0.15) is 50.9 Å². The quantitative estimate of drug-likeness (QED) is 0.910. The van der Waals surface area contributed by atoms with Crippen LogP contribution in [-0.2, 0) is 11.2 Å². The smallest absolute Gasteiger partial charge is 0.303 e. The number of carboxylic acid groups (broad SMARTS) is 1. The van der Waals surface area contributed by atoms with E-state index in [1.807, 2.05) is 27.7 Å². The Bertz CT molecular complexity index is 600. The van der Waals surface area contributed by atoms with E-state index in [9.17, 15) is 4.79 Å². The molecule has 0 saturated carbocycles. The molecule has 6 nitrogen and oxygen atoms in total. The van der Waals surface area contributed by atoms with Crippen molar-refractivity contribution in [2.24, 2.45) is 5.41 Å². The summed E-state index contributed by atoms with van der Waals surface area (Å²) in [5.74, 6) is 0.321. The molecule has 0 radical (unpaired) electrons. The topological polar surface area (TPSA) is 80.4 Å². The van der Waals surface area contributed by atoms with Gasteiger partial charge in [-0.3, -0.25) is 4.79 Å². The third-order valence-corrected chi connectivity index (χ3v) is 3.73. The van der Waals surface area contributed by atoms with Gasteiger partial charge in [0.2, 0.25) is 4.96 Å². The average molecular weight is 282 g/mol. The number of nitrogens with zero attached hydrogens (tertiary/aromatic N) is 4. The lowest BCUT2D eigenvalue weighted by molar-refractivity contribution is -0.139. The average Bonchev–Trinajstić information content (AvgIpc) is 2.72. The zero-order chi connectivity index (χ0) is 14.2. The van der Waals surface area contributed by atoms with Crippen molar-refractivity contribution < 1.29 is 9.90 Å². The summed E-state index contributed by atoms with van der Waals surface area (Å²) in [5.41, 5.74) is -0.312. The van der Waals surface area contributed by atoms with Gasteiger partial charge in [0, 0.05) is 12.3 Å². The van der Waals surface area contributed by atoms with Crippen LogP contribution in [0.2, 0.25) is 0 Å². The fourth-order valence-corrected chi connectivity index (χ4v) is 3.08. The molecule has 0 aliphatic rings. The molecule has 0 spiro atoms. The Morgan fingerprint density at radius 3 is 2.68 bits per heavy atom. The Morgan fingerprint density at radius 2 is 2.11 bits per heavy atom. The van der Waals surface area contributed by atoms with Gasteiger partial charge in [-0.05, 0) is 5.41 Å². The summed E-state index contributed by atoms with van der Waals surface area (Å²) in [6.07, 6.45) is 0.759. The van der Waals surface area contributed by atoms with Crippen molar-refractivity contribution in [3.8, 4) is 0 Å². The molecule has 19 heavy (non-hydrogen) atoms. The number of fused-ring (bicyclic) bond motifs is 1. The third kappa shape index (κ3) is 3.09. The highest BCUT2D eigenvalue weighted by Gasteiger charge is 2.25. The van der Waals surface area contributed by atoms with Gasteiger partial charge in [0.15, 0.2) is 5.82 Å². The lowest BCUT2D eigenvalue weighted by atomic mass is 9.86. The van der Waals surface area contributed by atoms with Crippen molar-refractivity contribution in [3.05, 3.63) is 10.8 Å². The highest BCUT2D eigenvalue weighted by atomic mass is 32.1. The summed E-state index contributed by atoms with van der Waals surface area (Å²) in [5, 5.41) is 22.5. The van der Waals surface area contributed by atoms with E-state index in [0.717, 1.165) is 15.8 Å². The predicted molar refractivity (Wildman–Crippen MR) is 72.5 cm³/mol. The second-order valence-electron chi connectivity index (χ2n) is 5.81. The van der Waals surface area contributed by atoms with Crippen molar-refractivity contribution in [2.75, 3.05) is 0 Å². The molecule has 0 unspecified atom stereocenters. The molecule has 2 heterocycles. The van der Waals surface area contributed by atoms with E-state index < -0.39 is 5.97 Å². The molecule has 0 aliphatic heterocycles. The molecule has 0 aliphatic carbocycles. The van der Waals surface area contributed by atoms with Gasteiger partial charge in [-0.2, -0.15) is 9.61 Å². The molecule has 104 valence electrons. The number of rotatable bonds is 5. The minimum atomic E-state index is -0.782. The second kappa shape index (κ2) is 4.88. The minimum absolute atomic E-state index is 0.129. The van der Waals surface area contributed by atoms with Crippen LogP contribution >= 0.6 is 11.3 Å². The van der Waals surface area contributed by atoms with Crippen LogP contribution in [0.3, 0.4) is 0 Å². The molecule has 1 N–H and O–H groups in total. The number of aromatic nitrogens is 4. The normalized spacial score (nSPS) is 12.5. The van der Waals surface area contributed by atoms with E-state index in [1.54, 1.807) is 4.52 Å². The minimum Gasteiger partial charge on any atom is -0.481 e. The Labute approximate surface area is 115 Å². The predicted octanol–water partition coefficient (Wildman–Crippen LogP) is 2.35. The van der Waals surface area contributed by atoms with Gasteiger partial charge in [-0.15, -0.1) is 10.2 Å². The van der Waals surface area contributed by atoms with Crippen LogP contribution in [0.4, 0.5) is 0 Å². The summed E-state index contributed by atoms with van der Waals surface area (Å²) in [7, 11) is 0. The molecule has 0 saturated heterocycles. The van der Waals surface area contributed by atoms with Gasteiger partial charge in [0.1, 0.15) is 5.01 Å². The largest absolute Gasteiger partial charge is 0.481 e. The Balaban J connectivity index is 2.24. The Kier molecular flexibility index (Phi) is 3.58. The number of carbonyl (C=O) groups is 1. The van der Waals surface area contributed by atoms with Crippen molar-refractivity contribution in [1.29, 1.82) is 0 Å². The standard InChI is InChI=1S/C12H18N4O2S/c1-7(2)10-13-14-11-16(10)15-8(19-11)5-12(3,4)6-9(17)18/h7H,5-6H2,1-4H3,(H,17,18). The van der Waals surface area contributed by atoms with Crippen LogP contribution in [0.25, 0.3) is 4.96 Å². The first-order chi connectivity index (χ1) is 8.78. The molecular weight excluding hydrogens is 264 g/mol. The zero-order valence-electron chi connectivity index (χ0n) is 11.5. The number of carboxylic acids is 1. The van der Waals surface area contributed by atoms with E-state index in [-0.39, 0.29) is 17.8 Å². The van der Waals surface area contributed by atoms with E-state index in [2.05, 4.69) is 15.3 Å². The van der Waals surface area contributed by atoms with Crippen LogP contribution in [0.15, 0.2) is 0 Å². The highest BCUT2D eigenvalue weighted by molar-refractivity contribution is 7.16. The second-order valence-corrected chi connectivity index (χ2v) is 6.86. The maximum atomic E-state index is 10.8. The highest BCUT2D eigenvalue weighted by Crippen LogP contribution is 2.28. The van der Waals surface area contributed by atoms with Gasteiger partial charge in [0.05, 0.1) is 6.42 Å². The molecule has 2 rings (SSSR count). The SMILES string of the molecule is CC(C)c1nnc2sc(CC(C)(C)CC(=O)O)nn12. The first-order valence-corrected chi connectivity index (χ1v) is 7.03. The Morgan fingerprint density at radius 1 is 1.42 bits per heavy atom. The van der Waals surface area contributed by atoms with E-state index in [1.165, 1.54) is 11.3 Å². The molecule has 0 bridgehead atoms. The van der Waals surface area contributed by atoms with E-state index in [0.29, 0.717) is 6.42 Å². The summed E-state index contributed by atoms with van der Waals surface area (Å²) in [4.78, 5) is 11.6. The fraction of sp³-hybridized carbons (Fsp3) is 0.667. The van der Waals surface area contributed by atoms with Gasteiger partial charge >= 0.3 is 5.97 Å². The summed E-state index contributed by atoms with van der Waals surface area (Å²) in [6.45, 7) is 7.97. The first-order valence-electron chi connectivity index (χ1n) is 6.21. The van der Waals surface area contributed by atoms with Crippen LogP contribution in [0, 0.1) is 5.41 Å². The summed E-state index contributed by atoms with van der Waals surface area (Å²) < 4.78 is 1.77. The maximum absolute atomic E-state index is 10.8. The van der Waals surface area contributed by atoms with Crippen molar-refractivity contribution in [2.45, 2.75) is 46.5 Å². The third-order valence-electron chi connectivity index (χ3n) is 2.83. The molecule has 0 amide bonds. The zero-order valence-corrected chi connectivity index (χ0v) is 12.4. The van der Waals surface area contributed by atoms with Crippen molar-refractivity contribution >= 4 is 22.3 Å². The van der Waals surface area contributed by atoms with Gasteiger partial charge in [-0.25, -0.2) is 0 Å². The number of hydrogen-bond donors (Lipinski definition) is 1. The van der Waals surface area contributed by atoms with Gasteiger partial charge in [-0.1, -0.05) is 39.0 Å². The number of aliphatic carboxylic acids is 1. The van der Waals surface area contributed by atoms with Crippen LogP contribution < -0.4 is 0 Å². The fourth-order valence-electron chi connectivity index (χ4n) is 1.98. The molecule has 2 aromatic heterocycles. The molecule has 7 heteroatoms. The van der Waals surface area contributed by atoms with Crippen LogP contribution in [-0.4, -0.2) is 30.9 Å². The van der Waals surface area contributed by atoms with Gasteiger partial charge in [0.25, 0.3) is 0 Å². The van der Waals surface area contributed by atoms with Gasteiger partial charge < -0.3 is 5.11 Å². The molecule has 0 atom stereocenters. The summed E-state index contributed by atoms with van der Waals surface area (Å²) in [6, 6.07) is 0. The summed E-state index contributed by atoms with van der Waals surface area (Å²) >= 11 is 1.47. The van der Waals surface area contributed by atoms with Crippen molar-refractivity contribution in [3.63, 3.8) is 0 Å². The van der Waals surface area contributed by atoms with E-state index >= 15 is 0 Å². The lowest BCUT2D eigenvalue weighted by Crippen LogP contribution is -2.19.